The first-order chi connectivity index (χ1) is 9.49. The van der Waals surface area contributed by atoms with Crippen molar-refractivity contribution in [3.05, 3.63) is 21.9 Å². The van der Waals surface area contributed by atoms with Crippen molar-refractivity contribution in [1.82, 2.24) is 10.6 Å². The standard InChI is InChI=1S/C14H20N2O3S/c1-8-5-6-20-11(8)7-15-14(19)12(9(2)17)16-13(18)10-3-4-10/h5-6,9-10,12,17H,3-4,7H2,1-2H3,(H,15,19)(H,16,18). The van der Waals surface area contributed by atoms with Crippen LogP contribution in [0.15, 0.2) is 11.4 Å². The van der Waals surface area contributed by atoms with E-state index in [0.29, 0.717) is 6.54 Å². The van der Waals surface area contributed by atoms with Crippen LogP contribution in [-0.4, -0.2) is 29.1 Å². The number of rotatable bonds is 6. The first kappa shape index (κ1) is 15.0. The predicted octanol–water partition coefficient (Wildman–Crippen LogP) is 0.948. The van der Waals surface area contributed by atoms with E-state index in [9.17, 15) is 14.7 Å². The largest absolute Gasteiger partial charge is 0.391 e. The predicted molar refractivity (Wildman–Crippen MR) is 77.2 cm³/mol. The second kappa shape index (κ2) is 6.37. The van der Waals surface area contributed by atoms with Crippen LogP contribution in [0.1, 0.15) is 30.2 Å². The molecule has 0 radical (unpaired) electrons. The topological polar surface area (TPSA) is 78.4 Å². The molecule has 1 fully saturated rings. The molecule has 110 valence electrons. The fourth-order valence-corrected chi connectivity index (χ4v) is 2.73. The SMILES string of the molecule is Cc1ccsc1CNC(=O)C(NC(=O)C1CC1)C(C)O. The molecule has 1 aliphatic carbocycles. The summed E-state index contributed by atoms with van der Waals surface area (Å²) in [6, 6.07) is 1.11. The van der Waals surface area contributed by atoms with E-state index in [0.717, 1.165) is 23.3 Å². The van der Waals surface area contributed by atoms with Crippen molar-refractivity contribution in [2.75, 3.05) is 0 Å². The van der Waals surface area contributed by atoms with Gasteiger partial charge in [0.15, 0.2) is 0 Å². The number of carbonyl (C=O) groups excluding carboxylic acids is 2. The van der Waals surface area contributed by atoms with E-state index in [2.05, 4.69) is 10.6 Å². The van der Waals surface area contributed by atoms with E-state index in [4.69, 9.17) is 0 Å². The van der Waals surface area contributed by atoms with Gasteiger partial charge in [-0.2, -0.15) is 0 Å². The van der Waals surface area contributed by atoms with Gasteiger partial charge in [0.25, 0.3) is 0 Å². The molecule has 0 aliphatic heterocycles. The molecular formula is C14H20N2O3S. The third-order valence-corrected chi connectivity index (χ3v) is 4.43. The summed E-state index contributed by atoms with van der Waals surface area (Å²) < 4.78 is 0. The number of amides is 2. The van der Waals surface area contributed by atoms with Gasteiger partial charge in [-0.15, -0.1) is 11.3 Å². The maximum absolute atomic E-state index is 12.1. The Bertz CT molecular complexity index is 494. The van der Waals surface area contributed by atoms with Crippen LogP contribution in [0.4, 0.5) is 0 Å². The van der Waals surface area contributed by atoms with Crippen LogP contribution in [0.3, 0.4) is 0 Å². The monoisotopic (exact) mass is 296 g/mol. The number of thiophene rings is 1. The van der Waals surface area contributed by atoms with Gasteiger partial charge in [-0.25, -0.2) is 0 Å². The zero-order valence-electron chi connectivity index (χ0n) is 11.7. The van der Waals surface area contributed by atoms with Crippen molar-refractivity contribution in [3.63, 3.8) is 0 Å². The van der Waals surface area contributed by atoms with Crippen LogP contribution in [0.25, 0.3) is 0 Å². The highest BCUT2D eigenvalue weighted by Crippen LogP contribution is 2.29. The highest BCUT2D eigenvalue weighted by Gasteiger charge is 2.34. The first-order valence-electron chi connectivity index (χ1n) is 6.78. The molecular weight excluding hydrogens is 276 g/mol. The highest BCUT2D eigenvalue weighted by atomic mass is 32.1. The van der Waals surface area contributed by atoms with Crippen LogP contribution >= 0.6 is 11.3 Å². The average Bonchev–Trinajstić information content (AvgIpc) is 3.16. The molecule has 2 atom stereocenters. The van der Waals surface area contributed by atoms with Crippen LogP contribution in [0, 0.1) is 12.8 Å². The molecule has 1 aromatic heterocycles. The lowest BCUT2D eigenvalue weighted by molar-refractivity contribution is -0.132. The summed E-state index contributed by atoms with van der Waals surface area (Å²) in [5, 5.41) is 17.0. The quantitative estimate of drug-likeness (QED) is 0.731. The molecule has 2 rings (SSSR count). The summed E-state index contributed by atoms with van der Waals surface area (Å²) in [6.07, 6.45) is 0.824. The van der Waals surface area contributed by atoms with Gasteiger partial charge < -0.3 is 15.7 Å². The van der Waals surface area contributed by atoms with E-state index < -0.39 is 12.1 Å². The summed E-state index contributed by atoms with van der Waals surface area (Å²) in [6.45, 7) is 3.91. The number of aryl methyl sites for hydroxylation is 1. The lowest BCUT2D eigenvalue weighted by Crippen LogP contribution is -2.52. The van der Waals surface area contributed by atoms with Gasteiger partial charge in [-0.1, -0.05) is 0 Å². The number of nitrogens with one attached hydrogen (secondary N) is 2. The molecule has 2 amide bonds. The summed E-state index contributed by atoms with van der Waals surface area (Å²) >= 11 is 1.58. The Morgan fingerprint density at radius 2 is 2.20 bits per heavy atom. The van der Waals surface area contributed by atoms with Gasteiger partial charge in [0.1, 0.15) is 6.04 Å². The normalized spacial score (nSPS) is 17.4. The van der Waals surface area contributed by atoms with Crippen molar-refractivity contribution < 1.29 is 14.7 Å². The van der Waals surface area contributed by atoms with E-state index in [1.54, 1.807) is 11.3 Å². The first-order valence-corrected chi connectivity index (χ1v) is 7.66. The maximum Gasteiger partial charge on any atom is 0.245 e. The lowest BCUT2D eigenvalue weighted by Gasteiger charge is -2.20. The second-order valence-electron chi connectivity index (χ2n) is 5.25. The number of aliphatic hydroxyl groups is 1. The third kappa shape index (κ3) is 3.80. The Kier molecular flexibility index (Phi) is 4.77. The van der Waals surface area contributed by atoms with Gasteiger partial charge in [0, 0.05) is 10.8 Å². The van der Waals surface area contributed by atoms with Crippen molar-refractivity contribution in [2.45, 2.75) is 45.4 Å². The van der Waals surface area contributed by atoms with Crippen molar-refractivity contribution in [1.29, 1.82) is 0 Å². The Labute approximate surface area is 122 Å². The summed E-state index contributed by atoms with van der Waals surface area (Å²) in [5.74, 6) is -0.469. The smallest absolute Gasteiger partial charge is 0.245 e. The molecule has 0 aromatic carbocycles. The summed E-state index contributed by atoms with van der Waals surface area (Å²) in [7, 11) is 0. The fourth-order valence-electron chi connectivity index (χ4n) is 1.88. The molecule has 2 unspecified atom stereocenters. The minimum absolute atomic E-state index is 0.0172. The summed E-state index contributed by atoms with van der Waals surface area (Å²) in [4.78, 5) is 24.9. The van der Waals surface area contributed by atoms with Gasteiger partial charge in [0.05, 0.1) is 12.6 Å². The van der Waals surface area contributed by atoms with E-state index >= 15 is 0 Å². The number of hydrogen-bond acceptors (Lipinski definition) is 4. The Hall–Kier alpha value is -1.40. The maximum atomic E-state index is 12.1. The molecule has 1 saturated carbocycles. The minimum atomic E-state index is -0.915. The highest BCUT2D eigenvalue weighted by molar-refractivity contribution is 7.10. The van der Waals surface area contributed by atoms with Crippen molar-refractivity contribution in [2.24, 2.45) is 5.92 Å². The van der Waals surface area contributed by atoms with Gasteiger partial charge >= 0.3 is 0 Å². The van der Waals surface area contributed by atoms with Gasteiger partial charge in [0.2, 0.25) is 11.8 Å². The number of hydrogen-bond donors (Lipinski definition) is 3. The Balaban J connectivity index is 1.89. The minimum Gasteiger partial charge on any atom is -0.391 e. The Morgan fingerprint density at radius 1 is 1.50 bits per heavy atom. The van der Waals surface area contributed by atoms with Crippen molar-refractivity contribution in [3.8, 4) is 0 Å². The number of aliphatic hydroxyl groups excluding tert-OH is 1. The molecule has 6 heteroatoms. The molecule has 0 saturated heterocycles. The second-order valence-corrected chi connectivity index (χ2v) is 6.25. The van der Waals surface area contributed by atoms with Gasteiger partial charge in [-0.3, -0.25) is 9.59 Å². The zero-order chi connectivity index (χ0) is 14.7. The van der Waals surface area contributed by atoms with E-state index in [-0.39, 0.29) is 17.7 Å². The van der Waals surface area contributed by atoms with Crippen LogP contribution in [0.5, 0.6) is 0 Å². The van der Waals surface area contributed by atoms with E-state index in [1.165, 1.54) is 6.92 Å². The Morgan fingerprint density at radius 3 is 2.70 bits per heavy atom. The molecule has 1 aliphatic rings. The molecule has 20 heavy (non-hydrogen) atoms. The van der Waals surface area contributed by atoms with Crippen LogP contribution in [0.2, 0.25) is 0 Å². The fraction of sp³-hybridized carbons (Fsp3) is 0.571. The third-order valence-electron chi connectivity index (χ3n) is 3.40. The molecule has 1 aromatic rings. The number of carbonyl (C=O) groups is 2. The average molecular weight is 296 g/mol. The van der Waals surface area contributed by atoms with Crippen LogP contribution in [-0.2, 0) is 16.1 Å². The molecule has 5 nitrogen and oxygen atoms in total. The van der Waals surface area contributed by atoms with Gasteiger partial charge in [-0.05, 0) is 43.7 Å². The molecule has 0 spiro atoms. The van der Waals surface area contributed by atoms with Crippen LogP contribution < -0.4 is 10.6 Å². The van der Waals surface area contributed by atoms with Crippen molar-refractivity contribution >= 4 is 23.2 Å². The van der Waals surface area contributed by atoms with E-state index in [1.807, 2.05) is 18.4 Å². The molecule has 1 heterocycles. The lowest BCUT2D eigenvalue weighted by atomic mass is 10.1. The molecule has 3 N–H and O–H groups in total. The summed E-state index contributed by atoms with van der Waals surface area (Å²) in [5.41, 5.74) is 1.13. The molecule has 0 bridgehead atoms. The zero-order valence-corrected chi connectivity index (χ0v) is 12.5.